The van der Waals surface area contributed by atoms with Crippen molar-refractivity contribution in [3.8, 4) is 5.75 Å². The quantitative estimate of drug-likeness (QED) is 0.449. The van der Waals surface area contributed by atoms with E-state index in [0.29, 0.717) is 44.2 Å². The van der Waals surface area contributed by atoms with Crippen LogP contribution in [0.5, 0.6) is 5.75 Å². The highest BCUT2D eigenvalue weighted by Crippen LogP contribution is 2.19. The SMILES string of the molecule is O=C(c1ccc(COc2ccccc2)cc1)N1CCN(c2ccc([N+](=O)[O-])cn2)CC1. The average molecular weight is 418 g/mol. The van der Waals surface area contributed by atoms with Crippen LogP contribution in [-0.2, 0) is 6.61 Å². The van der Waals surface area contributed by atoms with Gasteiger partial charge in [-0.1, -0.05) is 30.3 Å². The molecule has 31 heavy (non-hydrogen) atoms. The molecule has 1 aliphatic rings. The average Bonchev–Trinajstić information content (AvgIpc) is 2.83. The molecule has 158 valence electrons. The van der Waals surface area contributed by atoms with Gasteiger partial charge in [0.15, 0.2) is 0 Å². The molecular weight excluding hydrogens is 396 g/mol. The first-order valence-electron chi connectivity index (χ1n) is 10.0. The Labute approximate surface area is 179 Å². The van der Waals surface area contributed by atoms with Crippen LogP contribution in [0, 0.1) is 10.1 Å². The second-order valence-electron chi connectivity index (χ2n) is 7.21. The van der Waals surface area contributed by atoms with Crippen LogP contribution in [0.3, 0.4) is 0 Å². The second kappa shape index (κ2) is 9.25. The summed E-state index contributed by atoms with van der Waals surface area (Å²) in [5.41, 5.74) is 1.61. The number of aromatic nitrogens is 1. The van der Waals surface area contributed by atoms with Crippen molar-refractivity contribution in [2.75, 3.05) is 31.1 Å². The Morgan fingerprint density at radius 2 is 1.68 bits per heavy atom. The normalized spacial score (nSPS) is 13.7. The van der Waals surface area contributed by atoms with Crippen molar-refractivity contribution < 1.29 is 14.5 Å². The predicted molar refractivity (Wildman–Crippen MR) is 116 cm³/mol. The number of rotatable bonds is 6. The van der Waals surface area contributed by atoms with Gasteiger partial charge in [-0.25, -0.2) is 4.98 Å². The summed E-state index contributed by atoms with van der Waals surface area (Å²) in [5.74, 6) is 1.48. The molecule has 0 spiro atoms. The molecule has 2 heterocycles. The van der Waals surface area contributed by atoms with Gasteiger partial charge in [0.2, 0.25) is 0 Å². The number of nitro groups is 1. The number of pyridine rings is 1. The van der Waals surface area contributed by atoms with Crippen LogP contribution in [0.1, 0.15) is 15.9 Å². The molecule has 3 aromatic rings. The molecular formula is C23H22N4O4. The van der Waals surface area contributed by atoms with Gasteiger partial charge in [-0.3, -0.25) is 14.9 Å². The van der Waals surface area contributed by atoms with Gasteiger partial charge in [-0.05, 0) is 35.9 Å². The fourth-order valence-corrected chi connectivity index (χ4v) is 3.42. The lowest BCUT2D eigenvalue weighted by Crippen LogP contribution is -2.49. The van der Waals surface area contributed by atoms with Crippen LogP contribution in [0.2, 0.25) is 0 Å². The highest BCUT2D eigenvalue weighted by molar-refractivity contribution is 5.94. The number of ether oxygens (including phenoxy) is 1. The Hall–Kier alpha value is -3.94. The van der Waals surface area contributed by atoms with E-state index >= 15 is 0 Å². The maximum absolute atomic E-state index is 12.8. The minimum atomic E-state index is -0.466. The lowest BCUT2D eigenvalue weighted by atomic mass is 10.1. The van der Waals surface area contributed by atoms with Crippen LogP contribution < -0.4 is 9.64 Å². The summed E-state index contributed by atoms with van der Waals surface area (Å²) in [4.78, 5) is 31.1. The van der Waals surface area contributed by atoms with E-state index in [1.54, 1.807) is 6.07 Å². The summed E-state index contributed by atoms with van der Waals surface area (Å²) in [6.07, 6.45) is 1.26. The van der Waals surface area contributed by atoms with Crippen molar-refractivity contribution in [2.24, 2.45) is 0 Å². The maximum atomic E-state index is 12.8. The molecule has 0 bridgehead atoms. The minimum absolute atomic E-state index is 0.00756. The van der Waals surface area contributed by atoms with Gasteiger partial charge in [0.25, 0.3) is 11.6 Å². The van der Waals surface area contributed by atoms with Crippen molar-refractivity contribution in [1.29, 1.82) is 0 Å². The number of nitrogens with zero attached hydrogens (tertiary/aromatic N) is 4. The Balaban J connectivity index is 1.30. The lowest BCUT2D eigenvalue weighted by molar-refractivity contribution is -0.385. The fourth-order valence-electron chi connectivity index (χ4n) is 3.42. The number of hydrogen-bond acceptors (Lipinski definition) is 6. The zero-order valence-corrected chi connectivity index (χ0v) is 16.9. The van der Waals surface area contributed by atoms with Crippen LogP contribution in [-0.4, -0.2) is 46.9 Å². The fraction of sp³-hybridized carbons (Fsp3) is 0.217. The molecule has 4 rings (SSSR count). The molecule has 0 radical (unpaired) electrons. The molecule has 1 aromatic heterocycles. The standard InChI is InChI=1S/C23H22N4O4/c28-23(19-8-6-18(7-9-19)17-31-21-4-2-1-3-5-21)26-14-12-25(13-15-26)22-11-10-20(16-24-22)27(29)30/h1-11,16H,12-15,17H2. The van der Waals surface area contributed by atoms with E-state index in [4.69, 9.17) is 4.74 Å². The molecule has 0 saturated carbocycles. The Kier molecular flexibility index (Phi) is 6.07. The zero-order chi connectivity index (χ0) is 21.6. The van der Waals surface area contributed by atoms with Gasteiger partial charge in [0.05, 0.1) is 4.92 Å². The highest BCUT2D eigenvalue weighted by Gasteiger charge is 2.23. The van der Waals surface area contributed by atoms with Gasteiger partial charge < -0.3 is 14.5 Å². The lowest BCUT2D eigenvalue weighted by Gasteiger charge is -2.35. The van der Waals surface area contributed by atoms with Gasteiger partial charge >= 0.3 is 0 Å². The smallest absolute Gasteiger partial charge is 0.287 e. The highest BCUT2D eigenvalue weighted by atomic mass is 16.6. The van der Waals surface area contributed by atoms with E-state index in [-0.39, 0.29) is 11.6 Å². The third-order valence-electron chi connectivity index (χ3n) is 5.18. The maximum Gasteiger partial charge on any atom is 0.287 e. The molecule has 1 amide bonds. The third kappa shape index (κ3) is 4.98. The number of hydrogen-bond donors (Lipinski definition) is 0. The van der Waals surface area contributed by atoms with Crippen LogP contribution in [0.4, 0.5) is 11.5 Å². The zero-order valence-electron chi connectivity index (χ0n) is 16.9. The van der Waals surface area contributed by atoms with Gasteiger partial charge in [-0.2, -0.15) is 0 Å². The summed E-state index contributed by atoms with van der Waals surface area (Å²) >= 11 is 0. The first kappa shape index (κ1) is 20.3. The molecule has 0 unspecified atom stereocenters. The first-order valence-corrected chi connectivity index (χ1v) is 10.0. The van der Waals surface area contributed by atoms with E-state index in [1.807, 2.05) is 64.4 Å². The van der Waals surface area contributed by atoms with Gasteiger partial charge in [0.1, 0.15) is 24.4 Å². The predicted octanol–water partition coefficient (Wildman–Crippen LogP) is 3.53. The second-order valence-corrected chi connectivity index (χ2v) is 7.21. The summed E-state index contributed by atoms with van der Waals surface area (Å²) in [6, 6.07) is 20.2. The molecule has 0 aliphatic carbocycles. The largest absolute Gasteiger partial charge is 0.489 e. The first-order chi connectivity index (χ1) is 15.1. The van der Waals surface area contributed by atoms with Crippen molar-refractivity contribution >= 4 is 17.4 Å². The molecule has 1 fully saturated rings. The number of para-hydroxylation sites is 1. The van der Waals surface area contributed by atoms with E-state index in [2.05, 4.69) is 4.98 Å². The van der Waals surface area contributed by atoms with E-state index < -0.39 is 4.92 Å². The Morgan fingerprint density at radius 3 is 2.29 bits per heavy atom. The summed E-state index contributed by atoms with van der Waals surface area (Å²) in [7, 11) is 0. The Bertz CT molecular complexity index is 1030. The van der Waals surface area contributed by atoms with E-state index in [0.717, 1.165) is 11.3 Å². The molecule has 1 aliphatic heterocycles. The number of carbonyl (C=O) groups excluding carboxylic acids is 1. The Morgan fingerprint density at radius 1 is 0.968 bits per heavy atom. The monoisotopic (exact) mass is 418 g/mol. The molecule has 8 heteroatoms. The van der Waals surface area contributed by atoms with Crippen molar-refractivity contribution in [3.63, 3.8) is 0 Å². The number of benzene rings is 2. The number of carbonyl (C=O) groups is 1. The molecule has 0 atom stereocenters. The van der Waals surface area contributed by atoms with E-state index in [1.165, 1.54) is 12.3 Å². The van der Waals surface area contributed by atoms with Gasteiger partial charge in [-0.15, -0.1) is 0 Å². The third-order valence-corrected chi connectivity index (χ3v) is 5.18. The summed E-state index contributed by atoms with van der Waals surface area (Å²) in [5, 5.41) is 10.8. The number of piperazine rings is 1. The summed E-state index contributed by atoms with van der Waals surface area (Å²) in [6.45, 7) is 2.82. The van der Waals surface area contributed by atoms with Crippen LogP contribution >= 0.6 is 0 Å². The summed E-state index contributed by atoms with van der Waals surface area (Å²) < 4.78 is 5.74. The van der Waals surface area contributed by atoms with Crippen molar-refractivity contribution in [3.05, 3.63) is 94.2 Å². The molecule has 1 saturated heterocycles. The van der Waals surface area contributed by atoms with Crippen molar-refractivity contribution in [1.82, 2.24) is 9.88 Å². The van der Waals surface area contributed by atoms with Gasteiger partial charge in [0, 0.05) is 37.8 Å². The molecule has 2 aromatic carbocycles. The number of amides is 1. The van der Waals surface area contributed by atoms with Crippen LogP contribution in [0.25, 0.3) is 0 Å². The molecule has 0 N–H and O–H groups in total. The van der Waals surface area contributed by atoms with E-state index in [9.17, 15) is 14.9 Å². The number of anilines is 1. The minimum Gasteiger partial charge on any atom is -0.489 e. The van der Waals surface area contributed by atoms with Crippen molar-refractivity contribution in [2.45, 2.75) is 6.61 Å². The van der Waals surface area contributed by atoms with Crippen LogP contribution in [0.15, 0.2) is 72.9 Å². The molecule has 8 nitrogen and oxygen atoms in total. The topological polar surface area (TPSA) is 88.8 Å².